The number of hydrogen-bond donors (Lipinski definition) is 2. The van der Waals surface area contributed by atoms with E-state index in [-0.39, 0.29) is 11.9 Å². The van der Waals surface area contributed by atoms with Crippen LogP contribution in [0, 0.1) is 11.3 Å². The van der Waals surface area contributed by atoms with Gasteiger partial charge in [-0.25, -0.2) is 0 Å². The zero-order valence-electron chi connectivity index (χ0n) is 12.0. The van der Waals surface area contributed by atoms with Crippen LogP contribution in [0.25, 0.3) is 0 Å². The fourth-order valence-electron chi connectivity index (χ4n) is 3.23. The van der Waals surface area contributed by atoms with Crippen molar-refractivity contribution in [3.63, 3.8) is 0 Å². The van der Waals surface area contributed by atoms with E-state index in [2.05, 4.69) is 31.4 Å². The Hall–Kier alpha value is -0.570. The minimum Gasteiger partial charge on any atom is -0.355 e. The van der Waals surface area contributed by atoms with Gasteiger partial charge in [0.2, 0.25) is 5.91 Å². The molecule has 3 heteroatoms. The fraction of sp³-hybridized carbons (Fsp3) is 0.929. The number of hydrogen-bond acceptors (Lipinski definition) is 2. The van der Waals surface area contributed by atoms with Crippen molar-refractivity contribution in [3.05, 3.63) is 0 Å². The number of likely N-dealkylation sites (N-methyl/N-ethyl adjacent to an activating group) is 1. The van der Waals surface area contributed by atoms with Gasteiger partial charge >= 0.3 is 0 Å². The van der Waals surface area contributed by atoms with Crippen LogP contribution in [-0.4, -0.2) is 24.5 Å². The average Bonchev–Trinajstić information content (AvgIpc) is 2.14. The second kappa shape index (κ2) is 5.85. The summed E-state index contributed by atoms with van der Waals surface area (Å²) in [5.74, 6) is 0.862. The number of nitrogens with one attached hydrogen (secondary N) is 2. The number of rotatable bonds is 4. The molecule has 1 saturated carbocycles. The highest BCUT2D eigenvalue weighted by molar-refractivity contribution is 5.81. The Bertz CT molecular complexity index is 263. The minimum absolute atomic E-state index is 0.0824. The third kappa shape index (κ3) is 4.66. The van der Waals surface area contributed by atoms with E-state index in [1.807, 2.05) is 13.8 Å². The fourth-order valence-corrected chi connectivity index (χ4v) is 3.23. The Kier molecular flexibility index (Phi) is 4.99. The zero-order chi connectivity index (χ0) is 13.1. The summed E-state index contributed by atoms with van der Waals surface area (Å²) in [4.78, 5) is 11.7. The van der Waals surface area contributed by atoms with Gasteiger partial charge in [0, 0.05) is 12.6 Å². The third-order valence-corrected chi connectivity index (χ3v) is 3.62. The van der Waals surface area contributed by atoms with Gasteiger partial charge in [-0.3, -0.25) is 4.79 Å². The molecule has 2 N–H and O–H groups in total. The van der Waals surface area contributed by atoms with Gasteiger partial charge < -0.3 is 10.6 Å². The summed E-state index contributed by atoms with van der Waals surface area (Å²) >= 11 is 0. The van der Waals surface area contributed by atoms with Crippen molar-refractivity contribution in [2.45, 2.75) is 66.0 Å². The van der Waals surface area contributed by atoms with Crippen molar-refractivity contribution >= 4 is 5.91 Å². The van der Waals surface area contributed by atoms with Gasteiger partial charge in [0.05, 0.1) is 6.04 Å². The van der Waals surface area contributed by atoms with E-state index in [9.17, 15) is 4.79 Å². The van der Waals surface area contributed by atoms with E-state index >= 15 is 0 Å². The van der Waals surface area contributed by atoms with E-state index in [0.717, 1.165) is 5.92 Å². The maximum absolute atomic E-state index is 11.7. The predicted octanol–water partition coefficient (Wildman–Crippen LogP) is 2.32. The highest BCUT2D eigenvalue weighted by Gasteiger charge is 2.32. The Morgan fingerprint density at radius 2 is 2.06 bits per heavy atom. The molecule has 0 spiro atoms. The molecule has 0 aliphatic heterocycles. The first-order chi connectivity index (χ1) is 7.84. The van der Waals surface area contributed by atoms with Crippen molar-refractivity contribution in [1.82, 2.24) is 10.6 Å². The molecule has 1 fully saturated rings. The van der Waals surface area contributed by atoms with E-state index in [1.54, 1.807) is 0 Å². The largest absolute Gasteiger partial charge is 0.355 e. The molecule has 0 aromatic carbocycles. The van der Waals surface area contributed by atoms with Gasteiger partial charge in [-0.1, -0.05) is 20.8 Å². The molecule has 3 atom stereocenters. The van der Waals surface area contributed by atoms with E-state index in [4.69, 9.17) is 0 Å². The van der Waals surface area contributed by atoms with Gasteiger partial charge in [0.15, 0.2) is 0 Å². The van der Waals surface area contributed by atoms with E-state index in [0.29, 0.717) is 18.0 Å². The summed E-state index contributed by atoms with van der Waals surface area (Å²) in [7, 11) is 0. The molecule has 0 radical (unpaired) electrons. The van der Waals surface area contributed by atoms with Gasteiger partial charge in [0.1, 0.15) is 0 Å². The first kappa shape index (κ1) is 14.5. The molecule has 1 amide bonds. The molecule has 17 heavy (non-hydrogen) atoms. The molecule has 1 rings (SSSR count). The monoisotopic (exact) mass is 240 g/mol. The molecule has 3 nitrogen and oxygen atoms in total. The van der Waals surface area contributed by atoms with Crippen molar-refractivity contribution in [2.75, 3.05) is 6.54 Å². The second-order valence-corrected chi connectivity index (χ2v) is 6.39. The normalized spacial score (nSPS) is 29.7. The second-order valence-electron chi connectivity index (χ2n) is 6.39. The highest BCUT2D eigenvalue weighted by atomic mass is 16.2. The molecule has 1 aliphatic carbocycles. The van der Waals surface area contributed by atoms with Gasteiger partial charge in [-0.15, -0.1) is 0 Å². The number of carbonyl (C=O) groups is 1. The minimum atomic E-state index is -0.0824. The quantitative estimate of drug-likeness (QED) is 0.792. The first-order valence-corrected chi connectivity index (χ1v) is 6.88. The van der Waals surface area contributed by atoms with Crippen LogP contribution in [0.3, 0.4) is 0 Å². The van der Waals surface area contributed by atoms with Crippen LogP contribution in [0.1, 0.15) is 53.9 Å². The van der Waals surface area contributed by atoms with Crippen molar-refractivity contribution < 1.29 is 4.79 Å². The number of amides is 1. The molecule has 1 aliphatic rings. The molecule has 100 valence electrons. The summed E-state index contributed by atoms with van der Waals surface area (Å²) in [6.45, 7) is 11.6. The maximum atomic E-state index is 11.7. The highest BCUT2D eigenvalue weighted by Crippen LogP contribution is 2.38. The van der Waals surface area contributed by atoms with Gasteiger partial charge in [-0.05, 0) is 44.4 Å². The topological polar surface area (TPSA) is 41.1 Å². The Balaban J connectivity index is 2.48. The average molecular weight is 240 g/mol. The van der Waals surface area contributed by atoms with Crippen LogP contribution in [0.4, 0.5) is 0 Å². The lowest BCUT2D eigenvalue weighted by molar-refractivity contribution is -0.123. The Morgan fingerprint density at radius 3 is 2.59 bits per heavy atom. The summed E-state index contributed by atoms with van der Waals surface area (Å²) in [5, 5.41) is 6.34. The lowest BCUT2D eigenvalue weighted by Crippen LogP contribution is -2.49. The van der Waals surface area contributed by atoms with Gasteiger partial charge in [-0.2, -0.15) is 0 Å². The summed E-state index contributed by atoms with van der Waals surface area (Å²) in [5.41, 5.74) is 0.399. The maximum Gasteiger partial charge on any atom is 0.236 e. The lowest BCUT2D eigenvalue weighted by Gasteiger charge is -2.40. The summed E-state index contributed by atoms with van der Waals surface area (Å²) < 4.78 is 0. The first-order valence-electron chi connectivity index (χ1n) is 6.88. The van der Waals surface area contributed by atoms with Gasteiger partial charge in [0.25, 0.3) is 0 Å². The molecule has 0 saturated heterocycles. The molecule has 0 heterocycles. The Labute approximate surface area is 106 Å². The zero-order valence-corrected chi connectivity index (χ0v) is 12.0. The van der Waals surface area contributed by atoms with Crippen LogP contribution >= 0.6 is 0 Å². The van der Waals surface area contributed by atoms with Crippen LogP contribution in [0.15, 0.2) is 0 Å². The molecular weight excluding hydrogens is 212 g/mol. The van der Waals surface area contributed by atoms with Crippen molar-refractivity contribution in [1.29, 1.82) is 0 Å². The standard InChI is InChI=1S/C14H28N2O/c1-6-15-13(17)11(3)16-12-7-10(2)8-14(4,5)9-12/h10-12,16H,6-9H2,1-5H3,(H,15,17). The lowest BCUT2D eigenvalue weighted by atomic mass is 9.70. The van der Waals surface area contributed by atoms with E-state index in [1.165, 1.54) is 19.3 Å². The van der Waals surface area contributed by atoms with Crippen LogP contribution in [0.5, 0.6) is 0 Å². The van der Waals surface area contributed by atoms with Crippen LogP contribution in [0.2, 0.25) is 0 Å². The van der Waals surface area contributed by atoms with Crippen LogP contribution in [-0.2, 0) is 4.79 Å². The number of carbonyl (C=O) groups excluding carboxylic acids is 1. The smallest absolute Gasteiger partial charge is 0.236 e. The predicted molar refractivity (Wildman–Crippen MR) is 71.9 cm³/mol. The Morgan fingerprint density at radius 1 is 1.41 bits per heavy atom. The van der Waals surface area contributed by atoms with Crippen LogP contribution < -0.4 is 10.6 Å². The molecule has 3 unspecified atom stereocenters. The third-order valence-electron chi connectivity index (χ3n) is 3.62. The molecule has 0 aromatic heterocycles. The SMILES string of the molecule is CCNC(=O)C(C)NC1CC(C)CC(C)(C)C1. The van der Waals surface area contributed by atoms with Crippen molar-refractivity contribution in [2.24, 2.45) is 11.3 Å². The molecule has 0 bridgehead atoms. The molecular formula is C14H28N2O. The summed E-state index contributed by atoms with van der Waals surface area (Å²) in [6.07, 6.45) is 3.65. The van der Waals surface area contributed by atoms with E-state index < -0.39 is 0 Å². The molecule has 0 aromatic rings. The summed E-state index contributed by atoms with van der Waals surface area (Å²) in [6, 6.07) is 0.396. The van der Waals surface area contributed by atoms with Crippen molar-refractivity contribution in [3.8, 4) is 0 Å².